The van der Waals surface area contributed by atoms with E-state index >= 15 is 0 Å². The Morgan fingerprint density at radius 2 is 1.68 bits per heavy atom. The lowest BCUT2D eigenvalue weighted by molar-refractivity contribution is -0.140. The molecule has 0 radical (unpaired) electrons. The third-order valence-corrected chi connectivity index (χ3v) is 13.1. The number of aryl methyl sites for hydroxylation is 1. The van der Waals surface area contributed by atoms with Gasteiger partial charge in [0.15, 0.2) is 0 Å². The average molecular weight is 804 g/mol. The molecule has 0 bridgehead atoms. The van der Waals surface area contributed by atoms with Crippen LogP contribution in [-0.4, -0.2) is 85.1 Å². The van der Waals surface area contributed by atoms with Crippen LogP contribution >= 0.6 is 0 Å². The third-order valence-electron chi connectivity index (χ3n) is 11.8. The summed E-state index contributed by atoms with van der Waals surface area (Å²) in [6.07, 6.45) is 6.97. The van der Waals surface area contributed by atoms with Crippen LogP contribution in [0.15, 0.2) is 59.5 Å². The molecule has 57 heavy (non-hydrogen) atoms. The van der Waals surface area contributed by atoms with Gasteiger partial charge in [-0.1, -0.05) is 56.0 Å². The van der Waals surface area contributed by atoms with Gasteiger partial charge in [0.05, 0.1) is 23.6 Å². The lowest BCUT2D eigenvalue weighted by atomic mass is 10.0. The van der Waals surface area contributed by atoms with Crippen molar-refractivity contribution < 1.29 is 41.8 Å². The van der Waals surface area contributed by atoms with E-state index in [0.717, 1.165) is 62.3 Å². The van der Waals surface area contributed by atoms with Crippen LogP contribution in [0.5, 0.6) is 11.6 Å². The molecule has 4 fully saturated rings. The van der Waals surface area contributed by atoms with Crippen LogP contribution in [0, 0.1) is 12.8 Å². The van der Waals surface area contributed by atoms with Crippen LogP contribution in [0.1, 0.15) is 96.0 Å². The maximum Gasteiger partial charge on any atom is 0.407 e. The molecular formula is C42H53N5O9S. The van der Waals surface area contributed by atoms with E-state index in [1.54, 1.807) is 24.3 Å². The quantitative estimate of drug-likeness (QED) is 0.252. The standard InChI is InChI=1S/C42H53N5O9S/c1-3-54-36-24-35(33-21-13-14-27(2)38(33)44-36)55-31-23-34-39(49)45-42(40(50)46-57(52,53)32-19-9-6-10-20-32)25-28(42)15-7-4-5-8-16-29(22-37(48)47(34)26-31)43-41(51)56-30-17-11-12-18-30/h6,9-10,13-14,19-21,24,28-31,34H,3-5,7-8,11-12,15-18,22-23,25-26H2,1-2H3,(H,43,51)(H,45,49)(H,46,50)/t28-,29+,31-,34+,42-/m1/s1. The molecule has 14 nitrogen and oxygen atoms in total. The van der Waals surface area contributed by atoms with E-state index in [2.05, 4.69) is 20.3 Å². The Kier molecular flexibility index (Phi) is 12.2. The molecule has 0 spiro atoms. The van der Waals surface area contributed by atoms with Gasteiger partial charge < -0.3 is 29.7 Å². The first-order valence-corrected chi connectivity index (χ1v) is 21.8. The van der Waals surface area contributed by atoms with E-state index in [1.165, 1.54) is 17.0 Å². The van der Waals surface area contributed by atoms with Gasteiger partial charge in [0.2, 0.25) is 17.7 Å². The predicted molar refractivity (Wildman–Crippen MR) is 211 cm³/mol. The van der Waals surface area contributed by atoms with E-state index in [0.29, 0.717) is 36.6 Å². The number of aromatic nitrogens is 1. The van der Waals surface area contributed by atoms with Crippen molar-refractivity contribution in [3.63, 3.8) is 0 Å². The highest BCUT2D eigenvalue weighted by Gasteiger charge is 2.62. The molecule has 15 heteroatoms. The zero-order valence-corrected chi connectivity index (χ0v) is 33.5. The number of ether oxygens (including phenoxy) is 3. The summed E-state index contributed by atoms with van der Waals surface area (Å²) in [4.78, 5) is 62.0. The van der Waals surface area contributed by atoms with Crippen molar-refractivity contribution in [1.82, 2.24) is 25.2 Å². The molecule has 4 aliphatic rings. The fraction of sp³-hybridized carbons (Fsp3) is 0.548. The molecular weight excluding hydrogens is 751 g/mol. The number of sulfonamides is 1. The van der Waals surface area contributed by atoms with Gasteiger partial charge in [-0.3, -0.25) is 14.4 Å². The van der Waals surface area contributed by atoms with Crippen LogP contribution in [0.4, 0.5) is 4.79 Å². The van der Waals surface area contributed by atoms with Gasteiger partial charge in [-0.15, -0.1) is 0 Å². The van der Waals surface area contributed by atoms with Crippen molar-refractivity contribution in [2.24, 2.45) is 5.92 Å². The van der Waals surface area contributed by atoms with Gasteiger partial charge >= 0.3 is 6.09 Å². The maximum atomic E-state index is 14.5. The lowest BCUT2D eigenvalue weighted by Gasteiger charge is -2.28. The van der Waals surface area contributed by atoms with Gasteiger partial charge in [-0.2, -0.15) is 0 Å². The van der Waals surface area contributed by atoms with Gasteiger partial charge in [0.25, 0.3) is 15.9 Å². The van der Waals surface area contributed by atoms with E-state index < -0.39 is 51.7 Å². The SMILES string of the molecule is CCOc1cc(O[C@@H]2C[C@H]3C(=O)N[C@]4(C(=O)NS(=O)(=O)c5ccccc5)C[C@H]4CCCCCC[C@H](NC(=O)OC4CCCC4)CC(=O)N3C2)c2cccc(C)c2n1. The Balaban J connectivity index is 1.17. The third kappa shape index (κ3) is 9.29. The first kappa shape index (κ1) is 40.3. The number of hydrogen-bond donors (Lipinski definition) is 3. The molecule has 1 aromatic heterocycles. The highest BCUT2D eigenvalue weighted by atomic mass is 32.2. The normalized spacial score (nSPS) is 26.0. The van der Waals surface area contributed by atoms with Crippen LogP contribution in [-0.2, 0) is 29.1 Å². The summed E-state index contributed by atoms with van der Waals surface area (Å²) in [6, 6.07) is 13.5. The topological polar surface area (TPSA) is 182 Å². The second kappa shape index (κ2) is 17.3. The van der Waals surface area contributed by atoms with Crippen molar-refractivity contribution in [3.05, 3.63) is 60.2 Å². The molecule has 3 heterocycles. The summed E-state index contributed by atoms with van der Waals surface area (Å²) in [5, 5.41) is 6.65. The van der Waals surface area contributed by atoms with E-state index in [4.69, 9.17) is 14.2 Å². The number of benzene rings is 2. The van der Waals surface area contributed by atoms with E-state index in [1.807, 2.05) is 32.0 Å². The Bertz CT molecular complexity index is 2080. The summed E-state index contributed by atoms with van der Waals surface area (Å²) in [5.74, 6) is -1.15. The minimum atomic E-state index is -4.22. The number of alkyl carbamates (subject to hydrolysis) is 1. The summed E-state index contributed by atoms with van der Waals surface area (Å²) < 4.78 is 46.9. The maximum absolute atomic E-state index is 14.5. The number of rotatable bonds is 9. The number of hydrogen-bond acceptors (Lipinski definition) is 10. The molecule has 5 atom stereocenters. The molecule has 2 aromatic carbocycles. The smallest absolute Gasteiger partial charge is 0.407 e. The highest BCUT2D eigenvalue weighted by Crippen LogP contribution is 2.48. The largest absolute Gasteiger partial charge is 0.488 e. The van der Waals surface area contributed by atoms with E-state index in [-0.39, 0.29) is 48.6 Å². The first-order chi connectivity index (χ1) is 27.5. The molecule has 2 aliphatic carbocycles. The van der Waals surface area contributed by atoms with Crippen LogP contribution in [0.2, 0.25) is 0 Å². The second-order valence-corrected chi connectivity index (χ2v) is 17.5. The van der Waals surface area contributed by atoms with Crippen LogP contribution in [0.25, 0.3) is 10.9 Å². The minimum Gasteiger partial charge on any atom is -0.488 e. The predicted octanol–water partition coefficient (Wildman–Crippen LogP) is 5.45. The van der Waals surface area contributed by atoms with Gasteiger partial charge in [0.1, 0.15) is 29.5 Å². The monoisotopic (exact) mass is 803 g/mol. The number of nitrogens with one attached hydrogen (secondary N) is 3. The van der Waals surface area contributed by atoms with Crippen LogP contribution in [0.3, 0.4) is 0 Å². The highest BCUT2D eigenvalue weighted by molar-refractivity contribution is 7.90. The number of fused-ring (bicyclic) bond motifs is 3. The second-order valence-electron chi connectivity index (χ2n) is 15.9. The number of para-hydroxylation sites is 1. The van der Waals surface area contributed by atoms with E-state index in [9.17, 15) is 27.6 Å². The molecule has 0 unspecified atom stereocenters. The Labute approximate surface area is 333 Å². The van der Waals surface area contributed by atoms with Gasteiger partial charge in [-0.05, 0) is 88.5 Å². The molecule has 7 rings (SSSR count). The number of pyridine rings is 1. The molecule has 2 aliphatic heterocycles. The first-order valence-electron chi connectivity index (χ1n) is 20.4. The lowest BCUT2D eigenvalue weighted by Crippen LogP contribution is -2.56. The summed E-state index contributed by atoms with van der Waals surface area (Å²) in [7, 11) is -4.22. The summed E-state index contributed by atoms with van der Waals surface area (Å²) in [5.41, 5.74) is 0.164. The molecule has 3 N–H and O–H groups in total. The fourth-order valence-corrected chi connectivity index (χ4v) is 9.69. The molecule has 4 amide bonds. The fourth-order valence-electron chi connectivity index (χ4n) is 8.63. The Morgan fingerprint density at radius 3 is 2.44 bits per heavy atom. The number of carbonyl (C=O) groups is 4. The van der Waals surface area contributed by atoms with Crippen molar-refractivity contribution in [1.29, 1.82) is 0 Å². The summed E-state index contributed by atoms with van der Waals surface area (Å²) in [6.45, 7) is 4.26. The van der Waals surface area contributed by atoms with Crippen molar-refractivity contribution in [3.8, 4) is 11.6 Å². The van der Waals surface area contributed by atoms with Crippen molar-refractivity contribution >= 4 is 44.7 Å². The zero-order valence-electron chi connectivity index (χ0n) is 32.7. The zero-order chi connectivity index (χ0) is 40.2. The van der Waals surface area contributed by atoms with Crippen molar-refractivity contribution in [2.45, 2.75) is 132 Å². The van der Waals surface area contributed by atoms with Gasteiger partial charge in [-0.25, -0.2) is 22.9 Å². The molecule has 306 valence electrons. The number of carbonyl (C=O) groups excluding carboxylic acids is 4. The molecule has 2 saturated heterocycles. The molecule has 2 saturated carbocycles. The Morgan fingerprint density at radius 1 is 0.947 bits per heavy atom. The number of amides is 4. The van der Waals surface area contributed by atoms with Crippen molar-refractivity contribution in [2.75, 3.05) is 13.2 Å². The number of nitrogens with zero attached hydrogens (tertiary/aromatic N) is 2. The van der Waals surface area contributed by atoms with Crippen LogP contribution < -0.4 is 24.8 Å². The van der Waals surface area contributed by atoms with Gasteiger partial charge in [0, 0.05) is 30.3 Å². The summed E-state index contributed by atoms with van der Waals surface area (Å²) >= 11 is 0. The Hall–Kier alpha value is -4.92. The average Bonchev–Trinajstić information content (AvgIpc) is 3.44. The minimum absolute atomic E-state index is 0.0563. The molecule has 3 aromatic rings.